The fraction of sp³-hybridized carbons (Fsp3) is 0.321. The van der Waals surface area contributed by atoms with E-state index in [2.05, 4.69) is 4.72 Å². The number of carbonyl (C=O) groups is 1. The van der Waals surface area contributed by atoms with Crippen LogP contribution in [-0.4, -0.2) is 53.2 Å². The van der Waals surface area contributed by atoms with Crippen LogP contribution in [0.25, 0.3) is 0 Å². The highest BCUT2D eigenvalue weighted by atomic mass is 35.5. The molecule has 11 nitrogen and oxygen atoms in total. The van der Waals surface area contributed by atoms with Gasteiger partial charge in [0.15, 0.2) is 23.5 Å². The Kier molecular flexibility index (Phi) is 9.69. The van der Waals surface area contributed by atoms with E-state index in [1.54, 1.807) is 13.0 Å². The van der Waals surface area contributed by atoms with E-state index in [0.717, 1.165) is 12.8 Å². The number of sulfonamides is 1. The third kappa shape index (κ3) is 7.07. The fourth-order valence-electron chi connectivity index (χ4n) is 4.04. The summed E-state index contributed by atoms with van der Waals surface area (Å²) in [6.07, 6.45) is 1.24. The maximum Gasteiger partial charge on any atom is 0.339 e. The van der Waals surface area contributed by atoms with E-state index in [1.165, 1.54) is 56.7 Å². The molecule has 0 saturated carbocycles. The lowest BCUT2D eigenvalue weighted by Gasteiger charge is -2.27. The predicted octanol–water partition coefficient (Wildman–Crippen LogP) is 5.95. The minimum Gasteiger partial charge on any atom is -0.497 e. The molecule has 1 atom stereocenters. The van der Waals surface area contributed by atoms with Crippen LogP contribution >= 0.6 is 11.6 Å². The average Bonchev–Trinajstić information content (AvgIpc) is 2.97. The van der Waals surface area contributed by atoms with E-state index in [1.807, 2.05) is 0 Å². The third-order valence-electron chi connectivity index (χ3n) is 6.07. The highest BCUT2D eigenvalue weighted by Crippen LogP contribution is 2.50. The van der Waals surface area contributed by atoms with E-state index in [9.17, 15) is 18.3 Å². The topological polar surface area (TPSA) is 139 Å². The largest absolute Gasteiger partial charge is 0.497 e. The highest BCUT2D eigenvalue weighted by Gasteiger charge is 2.32. The molecule has 3 aromatic rings. The van der Waals surface area contributed by atoms with Gasteiger partial charge in [-0.3, -0.25) is 4.72 Å². The van der Waals surface area contributed by atoms with Crippen LogP contribution in [0.2, 0.25) is 5.02 Å². The van der Waals surface area contributed by atoms with Crippen molar-refractivity contribution in [1.82, 2.24) is 0 Å². The molecule has 0 amide bonds. The predicted molar refractivity (Wildman–Crippen MR) is 151 cm³/mol. The van der Waals surface area contributed by atoms with Gasteiger partial charge in [-0.2, -0.15) is 0 Å². The van der Waals surface area contributed by atoms with Crippen LogP contribution in [0.15, 0.2) is 53.4 Å². The minimum absolute atomic E-state index is 0.0619. The first-order chi connectivity index (χ1) is 19.7. The first-order valence-corrected chi connectivity index (χ1v) is 14.6. The standard InChI is InChI=1S/C28H30ClNO10S/c1-4-37-23-16-20(28(31)32)26(40-24-7-5-6-14-38-24)25(27(23)39-22-15-18(36-3)10-13-21(22)29)30-41(33,34)19-11-8-17(35-2)9-12-19/h8-13,15-16,24,30H,4-7,14H2,1-3H3,(H,31,32). The summed E-state index contributed by atoms with van der Waals surface area (Å²) in [6, 6.07) is 11.5. The zero-order valence-corrected chi connectivity index (χ0v) is 24.2. The van der Waals surface area contributed by atoms with Crippen molar-refractivity contribution in [3.8, 4) is 34.5 Å². The summed E-state index contributed by atoms with van der Waals surface area (Å²) in [4.78, 5) is 12.3. The van der Waals surface area contributed by atoms with Crippen molar-refractivity contribution >= 4 is 33.3 Å². The van der Waals surface area contributed by atoms with Crippen molar-refractivity contribution in [3.63, 3.8) is 0 Å². The molecule has 1 fully saturated rings. The molecule has 13 heteroatoms. The van der Waals surface area contributed by atoms with Gasteiger partial charge in [0, 0.05) is 18.6 Å². The second kappa shape index (κ2) is 13.2. The molecule has 0 aromatic heterocycles. The van der Waals surface area contributed by atoms with Gasteiger partial charge in [0.1, 0.15) is 28.5 Å². The summed E-state index contributed by atoms with van der Waals surface area (Å²) in [6.45, 7) is 2.20. The van der Waals surface area contributed by atoms with E-state index in [0.29, 0.717) is 24.5 Å². The molecule has 220 valence electrons. The van der Waals surface area contributed by atoms with Gasteiger partial charge in [-0.1, -0.05) is 11.6 Å². The fourth-order valence-corrected chi connectivity index (χ4v) is 5.27. The maximum absolute atomic E-state index is 13.6. The molecule has 3 aromatic carbocycles. The zero-order chi connectivity index (χ0) is 29.6. The molecule has 1 saturated heterocycles. The monoisotopic (exact) mass is 607 g/mol. The SMILES string of the molecule is CCOc1cc(C(=O)O)c(OC2CCCCO2)c(NS(=O)(=O)c2ccc(OC)cc2)c1Oc1cc(OC)ccc1Cl. The Bertz CT molecular complexity index is 1490. The lowest BCUT2D eigenvalue weighted by molar-refractivity contribution is -0.105. The smallest absolute Gasteiger partial charge is 0.339 e. The Hall–Kier alpha value is -3.87. The van der Waals surface area contributed by atoms with Crippen molar-refractivity contribution in [3.05, 3.63) is 59.1 Å². The number of aromatic carboxylic acids is 1. The van der Waals surface area contributed by atoms with Crippen LogP contribution < -0.4 is 28.4 Å². The van der Waals surface area contributed by atoms with Crippen molar-refractivity contribution in [2.45, 2.75) is 37.4 Å². The first-order valence-electron chi connectivity index (χ1n) is 12.7. The van der Waals surface area contributed by atoms with E-state index in [4.69, 9.17) is 40.0 Å². The Morgan fingerprint density at radius 1 is 1.02 bits per heavy atom. The van der Waals surface area contributed by atoms with Crippen molar-refractivity contribution in [2.75, 3.05) is 32.2 Å². The number of benzene rings is 3. The number of hydrogen-bond donors (Lipinski definition) is 2. The molecule has 0 spiro atoms. The summed E-state index contributed by atoms with van der Waals surface area (Å²) in [5.41, 5.74) is -0.670. The van der Waals surface area contributed by atoms with Gasteiger partial charge in [0.25, 0.3) is 10.0 Å². The molecular formula is C28H30ClNO10S. The molecule has 0 radical (unpaired) electrons. The Morgan fingerprint density at radius 3 is 2.34 bits per heavy atom. The van der Waals surface area contributed by atoms with Crippen LogP contribution in [0.5, 0.6) is 34.5 Å². The Balaban J connectivity index is 1.94. The molecule has 1 unspecified atom stereocenters. The van der Waals surface area contributed by atoms with Crippen molar-refractivity contribution < 1.29 is 46.7 Å². The molecule has 0 bridgehead atoms. The van der Waals surface area contributed by atoms with E-state index < -0.39 is 22.3 Å². The molecule has 0 aliphatic carbocycles. The number of carboxylic acid groups (broad SMARTS) is 1. The number of ether oxygens (including phenoxy) is 6. The summed E-state index contributed by atoms with van der Waals surface area (Å²) < 4.78 is 63.8. The summed E-state index contributed by atoms with van der Waals surface area (Å²) >= 11 is 6.40. The minimum atomic E-state index is -4.33. The summed E-state index contributed by atoms with van der Waals surface area (Å²) in [5.74, 6) is -0.961. The molecule has 2 N–H and O–H groups in total. The number of hydrogen-bond acceptors (Lipinski definition) is 9. The molecule has 41 heavy (non-hydrogen) atoms. The lowest BCUT2D eigenvalue weighted by Crippen LogP contribution is -2.27. The van der Waals surface area contributed by atoms with Gasteiger partial charge in [-0.05, 0) is 56.2 Å². The van der Waals surface area contributed by atoms with Crippen LogP contribution in [0, 0.1) is 0 Å². The van der Waals surface area contributed by atoms with Gasteiger partial charge >= 0.3 is 5.97 Å². The Morgan fingerprint density at radius 2 is 1.73 bits per heavy atom. The maximum atomic E-state index is 13.6. The van der Waals surface area contributed by atoms with Gasteiger partial charge < -0.3 is 33.5 Å². The van der Waals surface area contributed by atoms with Gasteiger partial charge in [-0.15, -0.1) is 0 Å². The van der Waals surface area contributed by atoms with Crippen LogP contribution in [-0.2, 0) is 14.8 Å². The Labute approximate surface area is 242 Å². The number of nitrogens with one attached hydrogen (secondary N) is 1. The van der Waals surface area contributed by atoms with Crippen LogP contribution in [0.1, 0.15) is 36.5 Å². The molecule has 1 heterocycles. The van der Waals surface area contributed by atoms with Crippen LogP contribution in [0.4, 0.5) is 5.69 Å². The number of carboxylic acids is 1. The van der Waals surface area contributed by atoms with Crippen molar-refractivity contribution in [1.29, 1.82) is 0 Å². The normalized spacial score (nSPS) is 15.1. The third-order valence-corrected chi connectivity index (χ3v) is 7.75. The number of methoxy groups -OCH3 is 2. The van der Waals surface area contributed by atoms with Gasteiger partial charge in [-0.25, -0.2) is 13.2 Å². The average molecular weight is 608 g/mol. The zero-order valence-electron chi connectivity index (χ0n) is 22.6. The number of rotatable bonds is 12. The second-order valence-corrected chi connectivity index (χ2v) is 10.9. The molecule has 1 aliphatic rings. The first kappa shape index (κ1) is 30.1. The van der Waals surface area contributed by atoms with Crippen LogP contribution in [0.3, 0.4) is 0 Å². The van der Waals surface area contributed by atoms with E-state index in [-0.39, 0.29) is 50.8 Å². The lowest BCUT2D eigenvalue weighted by atomic mass is 10.1. The molecular weight excluding hydrogens is 578 g/mol. The molecule has 4 rings (SSSR count). The van der Waals surface area contributed by atoms with E-state index >= 15 is 0 Å². The number of halogens is 1. The highest BCUT2D eigenvalue weighted by molar-refractivity contribution is 7.92. The van der Waals surface area contributed by atoms with Gasteiger partial charge in [0.05, 0.1) is 37.4 Å². The summed E-state index contributed by atoms with van der Waals surface area (Å²) in [7, 11) is -1.41. The quantitative estimate of drug-likeness (QED) is 0.254. The van der Waals surface area contributed by atoms with Crippen molar-refractivity contribution in [2.24, 2.45) is 0 Å². The molecule has 1 aliphatic heterocycles. The second-order valence-electron chi connectivity index (χ2n) is 8.79. The summed E-state index contributed by atoms with van der Waals surface area (Å²) in [5, 5.41) is 10.3. The van der Waals surface area contributed by atoms with Gasteiger partial charge in [0.2, 0.25) is 0 Å². The number of anilines is 1.